The molecule has 1 fully saturated rings. The van der Waals surface area contributed by atoms with Crippen molar-refractivity contribution in [2.75, 3.05) is 31.7 Å². The highest BCUT2D eigenvalue weighted by Crippen LogP contribution is 2.41. The van der Waals surface area contributed by atoms with Crippen molar-refractivity contribution in [3.63, 3.8) is 0 Å². The minimum absolute atomic E-state index is 0.312. The minimum Gasteiger partial charge on any atom is -0.496 e. The Morgan fingerprint density at radius 2 is 1.58 bits per heavy atom. The van der Waals surface area contributed by atoms with Gasteiger partial charge in [-0.3, -0.25) is 9.59 Å². The highest BCUT2D eigenvalue weighted by molar-refractivity contribution is 6.46. The van der Waals surface area contributed by atoms with Crippen molar-refractivity contribution in [2.45, 2.75) is 26.7 Å². The predicted octanol–water partition coefficient (Wildman–Crippen LogP) is 4.11. The van der Waals surface area contributed by atoms with Crippen LogP contribution in [0.3, 0.4) is 0 Å². The standard InChI is InChI=1S/C25H28N2O4/c1-4-31-21-12-8-6-10-19(21)27-24(28)22(18-9-5-7-11-20(18)30-3)23(25(27)29)26-15-13-17(2)14-16-26/h5-12,17H,4,13-16H2,1-3H3. The van der Waals surface area contributed by atoms with Gasteiger partial charge in [0.1, 0.15) is 17.2 Å². The zero-order chi connectivity index (χ0) is 22.0. The lowest BCUT2D eigenvalue weighted by Crippen LogP contribution is -2.38. The Balaban J connectivity index is 1.85. The van der Waals surface area contributed by atoms with E-state index in [9.17, 15) is 9.59 Å². The molecule has 0 atom stereocenters. The molecule has 0 saturated carbocycles. The summed E-state index contributed by atoms with van der Waals surface area (Å²) >= 11 is 0. The molecule has 2 aliphatic rings. The van der Waals surface area contributed by atoms with Gasteiger partial charge in [-0.05, 0) is 43.9 Å². The molecule has 2 aromatic carbocycles. The Morgan fingerprint density at radius 1 is 0.935 bits per heavy atom. The summed E-state index contributed by atoms with van der Waals surface area (Å²) in [4.78, 5) is 30.8. The molecule has 2 heterocycles. The van der Waals surface area contributed by atoms with Gasteiger partial charge in [0.15, 0.2) is 0 Å². The number of rotatable bonds is 6. The van der Waals surface area contributed by atoms with Gasteiger partial charge in [-0.25, -0.2) is 4.90 Å². The quantitative estimate of drug-likeness (QED) is 0.659. The van der Waals surface area contributed by atoms with Crippen LogP contribution in [0.2, 0.25) is 0 Å². The van der Waals surface area contributed by atoms with E-state index in [1.54, 1.807) is 19.2 Å². The first-order chi connectivity index (χ1) is 15.1. The smallest absolute Gasteiger partial charge is 0.282 e. The molecule has 0 radical (unpaired) electrons. The van der Waals surface area contributed by atoms with E-state index in [-0.39, 0.29) is 11.8 Å². The Kier molecular flexibility index (Phi) is 5.98. The number of hydrogen-bond acceptors (Lipinski definition) is 5. The van der Waals surface area contributed by atoms with Crippen LogP contribution in [0, 0.1) is 5.92 Å². The van der Waals surface area contributed by atoms with Gasteiger partial charge < -0.3 is 14.4 Å². The Bertz CT molecular complexity index is 1020. The number of ether oxygens (including phenoxy) is 2. The van der Waals surface area contributed by atoms with Crippen molar-refractivity contribution in [3.8, 4) is 11.5 Å². The van der Waals surface area contributed by atoms with Crippen LogP contribution in [-0.2, 0) is 9.59 Å². The number of carbonyl (C=O) groups is 2. The predicted molar refractivity (Wildman–Crippen MR) is 120 cm³/mol. The molecule has 0 aliphatic carbocycles. The average Bonchev–Trinajstić information content (AvgIpc) is 3.05. The molecule has 0 spiro atoms. The van der Waals surface area contributed by atoms with Crippen molar-refractivity contribution in [1.82, 2.24) is 4.90 Å². The Labute approximate surface area is 183 Å². The number of likely N-dealkylation sites (tertiary alicyclic amines) is 1. The van der Waals surface area contributed by atoms with Crippen molar-refractivity contribution < 1.29 is 19.1 Å². The fourth-order valence-corrected chi connectivity index (χ4v) is 4.28. The molecular formula is C25H28N2O4. The second kappa shape index (κ2) is 8.84. The largest absolute Gasteiger partial charge is 0.496 e. The third-order valence-electron chi connectivity index (χ3n) is 5.94. The van der Waals surface area contributed by atoms with Crippen molar-refractivity contribution in [3.05, 3.63) is 59.8 Å². The second-order valence-corrected chi connectivity index (χ2v) is 7.94. The van der Waals surface area contributed by atoms with Crippen LogP contribution < -0.4 is 14.4 Å². The van der Waals surface area contributed by atoms with Gasteiger partial charge in [0.05, 0.1) is 25.0 Å². The van der Waals surface area contributed by atoms with E-state index in [0.29, 0.717) is 46.5 Å². The second-order valence-electron chi connectivity index (χ2n) is 7.94. The molecule has 0 bridgehead atoms. The Morgan fingerprint density at radius 3 is 2.26 bits per heavy atom. The fraction of sp³-hybridized carbons (Fsp3) is 0.360. The van der Waals surface area contributed by atoms with Gasteiger partial charge in [-0.2, -0.15) is 0 Å². The maximum Gasteiger partial charge on any atom is 0.282 e. The molecule has 0 N–H and O–H groups in total. The van der Waals surface area contributed by atoms with E-state index < -0.39 is 0 Å². The topological polar surface area (TPSA) is 59.1 Å². The van der Waals surface area contributed by atoms with Gasteiger partial charge in [0.2, 0.25) is 0 Å². The molecule has 2 aliphatic heterocycles. The molecule has 4 rings (SSSR count). The molecule has 6 nitrogen and oxygen atoms in total. The molecular weight excluding hydrogens is 392 g/mol. The summed E-state index contributed by atoms with van der Waals surface area (Å²) < 4.78 is 11.3. The number of imide groups is 1. The summed E-state index contributed by atoms with van der Waals surface area (Å²) in [5.41, 5.74) is 1.94. The van der Waals surface area contributed by atoms with E-state index >= 15 is 0 Å². The lowest BCUT2D eigenvalue weighted by Gasteiger charge is -2.32. The molecule has 0 unspecified atom stereocenters. The van der Waals surface area contributed by atoms with Gasteiger partial charge >= 0.3 is 0 Å². The van der Waals surface area contributed by atoms with Gasteiger partial charge in [0, 0.05) is 18.7 Å². The minimum atomic E-state index is -0.352. The van der Waals surface area contributed by atoms with Gasteiger partial charge in [-0.1, -0.05) is 37.3 Å². The van der Waals surface area contributed by atoms with E-state index in [2.05, 4.69) is 11.8 Å². The summed E-state index contributed by atoms with van der Waals surface area (Å²) in [7, 11) is 1.57. The molecule has 0 aromatic heterocycles. The molecule has 2 amide bonds. The maximum atomic E-state index is 13.8. The van der Waals surface area contributed by atoms with Crippen molar-refractivity contribution >= 4 is 23.1 Å². The summed E-state index contributed by atoms with van der Waals surface area (Å²) in [6.07, 6.45) is 1.97. The number of piperidine rings is 1. The number of anilines is 1. The number of methoxy groups -OCH3 is 1. The normalized spacial score (nSPS) is 17.5. The van der Waals surface area contributed by atoms with E-state index in [1.165, 1.54) is 4.90 Å². The highest BCUT2D eigenvalue weighted by atomic mass is 16.5. The summed E-state index contributed by atoms with van der Waals surface area (Å²) in [5.74, 6) is 1.03. The first kappa shape index (κ1) is 21.0. The molecule has 162 valence electrons. The third kappa shape index (κ3) is 3.78. The number of nitrogens with zero attached hydrogens (tertiary/aromatic N) is 2. The van der Waals surface area contributed by atoms with Crippen LogP contribution in [-0.4, -0.2) is 43.5 Å². The SMILES string of the molecule is CCOc1ccccc1N1C(=O)C(c2ccccc2OC)=C(N2CCC(C)CC2)C1=O. The van der Waals surface area contributed by atoms with Crippen LogP contribution in [0.5, 0.6) is 11.5 Å². The van der Waals surface area contributed by atoms with Crippen LogP contribution in [0.15, 0.2) is 54.2 Å². The van der Waals surface area contributed by atoms with Crippen LogP contribution in [0.25, 0.3) is 5.57 Å². The van der Waals surface area contributed by atoms with Crippen molar-refractivity contribution in [1.29, 1.82) is 0 Å². The Hall–Kier alpha value is -3.28. The zero-order valence-electron chi connectivity index (χ0n) is 18.3. The van der Waals surface area contributed by atoms with Crippen molar-refractivity contribution in [2.24, 2.45) is 5.92 Å². The van der Waals surface area contributed by atoms with Crippen LogP contribution in [0.1, 0.15) is 32.3 Å². The van der Waals surface area contributed by atoms with Gasteiger partial charge in [0.25, 0.3) is 11.8 Å². The lowest BCUT2D eigenvalue weighted by molar-refractivity contribution is -0.120. The summed E-state index contributed by atoms with van der Waals surface area (Å²) in [6.45, 7) is 6.03. The number of amides is 2. The molecule has 31 heavy (non-hydrogen) atoms. The van der Waals surface area contributed by atoms with E-state index in [4.69, 9.17) is 9.47 Å². The number of benzene rings is 2. The zero-order valence-corrected chi connectivity index (χ0v) is 18.3. The molecule has 6 heteroatoms. The van der Waals surface area contributed by atoms with Crippen LogP contribution in [0.4, 0.5) is 5.69 Å². The first-order valence-corrected chi connectivity index (χ1v) is 10.8. The number of hydrogen-bond donors (Lipinski definition) is 0. The fourth-order valence-electron chi connectivity index (χ4n) is 4.28. The van der Waals surface area contributed by atoms with Gasteiger partial charge in [-0.15, -0.1) is 0 Å². The third-order valence-corrected chi connectivity index (χ3v) is 5.94. The first-order valence-electron chi connectivity index (χ1n) is 10.8. The highest BCUT2D eigenvalue weighted by Gasteiger charge is 2.44. The monoisotopic (exact) mass is 420 g/mol. The van der Waals surface area contributed by atoms with Crippen LogP contribution >= 0.6 is 0 Å². The maximum absolute atomic E-state index is 13.8. The average molecular weight is 421 g/mol. The van der Waals surface area contributed by atoms with E-state index in [0.717, 1.165) is 25.9 Å². The summed E-state index contributed by atoms with van der Waals surface area (Å²) in [5, 5.41) is 0. The van der Waals surface area contributed by atoms with E-state index in [1.807, 2.05) is 43.3 Å². The number of para-hydroxylation sites is 3. The molecule has 1 saturated heterocycles. The number of carbonyl (C=O) groups excluding carboxylic acids is 2. The summed E-state index contributed by atoms with van der Waals surface area (Å²) in [6, 6.07) is 14.5. The lowest BCUT2D eigenvalue weighted by atomic mass is 9.97. The molecule has 2 aromatic rings.